The minimum absolute atomic E-state index is 0.0153. The Morgan fingerprint density at radius 3 is 2.20 bits per heavy atom. The lowest BCUT2D eigenvalue weighted by Gasteiger charge is -2.26. The Labute approximate surface area is 263 Å². The maximum atomic E-state index is 13.6. The first-order valence-corrected chi connectivity index (χ1v) is 13.9. The van der Waals surface area contributed by atoms with Gasteiger partial charge >= 0.3 is 18.0 Å². The van der Waals surface area contributed by atoms with Gasteiger partial charge in [-0.2, -0.15) is 0 Å². The molecule has 0 saturated carbocycles. The number of hydrogen-bond acceptors (Lipinski definition) is 7. The fourth-order valence-electron chi connectivity index (χ4n) is 4.05. The lowest BCUT2D eigenvalue weighted by molar-refractivity contribution is -0.153. The smallest absolute Gasteiger partial charge is 0.326 e. The Morgan fingerprint density at radius 1 is 0.870 bits per heavy atom. The van der Waals surface area contributed by atoms with Crippen molar-refractivity contribution in [3.63, 3.8) is 0 Å². The molecule has 0 radical (unpaired) electrons. The summed E-state index contributed by atoms with van der Waals surface area (Å²) in [7, 11) is 1.33. The van der Waals surface area contributed by atoms with Gasteiger partial charge in [-0.1, -0.05) is 18.2 Å². The van der Waals surface area contributed by atoms with Crippen LogP contribution >= 0.6 is 0 Å². The second-order valence-electron chi connectivity index (χ2n) is 11.0. The number of likely N-dealkylation sites (N-methyl/N-ethyl adjacent to an activating group) is 1. The van der Waals surface area contributed by atoms with Gasteiger partial charge in [-0.25, -0.2) is 13.6 Å². The first-order valence-electron chi connectivity index (χ1n) is 13.9. The SMILES string of the molecule is CN(C(=O)COc1cccc(N(CC(=O)OC(C)(C)C)C(=O)CNC(=O)Nc2cccc(CC(=O)O)c2)c1)c1cc(F)cc(F)c1. The number of carbonyl (C=O) groups is 5. The van der Waals surface area contributed by atoms with E-state index in [4.69, 9.17) is 14.6 Å². The summed E-state index contributed by atoms with van der Waals surface area (Å²) in [4.78, 5) is 64.2. The van der Waals surface area contributed by atoms with Crippen molar-refractivity contribution in [3.05, 3.63) is 83.9 Å². The quantitative estimate of drug-likeness (QED) is 0.250. The summed E-state index contributed by atoms with van der Waals surface area (Å²) < 4.78 is 38.1. The molecule has 46 heavy (non-hydrogen) atoms. The van der Waals surface area contributed by atoms with E-state index in [1.165, 1.54) is 37.4 Å². The Kier molecular flexibility index (Phi) is 11.7. The number of rotatable bonds is 12. The van der Waals surface area contributed by atoms with Crippen molar-refractivity contribution in [3.8, 4) is 5.75 Å². The zero-order valence-electron chi connectivity index (χ0n) is 25.6. The number of ether oxygens (including phenoxy) is 2. The van der Waals surface area contributed by atoms with Crippen molar-refractivity contribution in [2.24, 2.45) is 0 Å². The number of esters is 1. The molecule has 0 atom stereocenters. The number of benzene rings is 3. The van der Waals surface area contributed by atoms with Crippen LogP contribution in [0.2, 0.25) is 0 Å². The van der Waals surface area contributed by atoms with Gasteiger partial charge in [-0.05, 0) is 62.7 Å². The standard InChI is InChI=1S/C32H34F2N4O8/c1-32(2,3)46-30(43)18-38(27(39)17-35-31(44)36-23-8-5-7-20(11-23)12-29(41)42)24-9-6-10-26(16-24)45-19-28(40)37(4)25-14-21(33)13-22(34)15-25/h5-11,13-16H,12,17-19H2,1-4H3,(H,41,42)(H2,35,36,44). The second kappa shape index (κ2) is 15.5. The average Bonchev–Trinajstić information content (AvgIpc) is 2.95. The molecule has 3 aromatic carbocycles. The van der Waals surface area contributed by atoms with Crippen molar-refractivity contribution in [1.82, 2.24) is 5.32 Å². The Bertz CT molecular complexity index is 1590. The number of carboxylic acid groups (broad SMARTS) is 1. The summed E-state index contributed by atoms with van der Waals surface area (Å²) in [5.74, 6) is -4.65. The van der Waals surface area contributed by atoms with E-state index < -0.39 is 66.7 Å². The predicted molar refractivity (Wildman–Crippen MR) is 165 cm³/mol. The molecule has 0 unspecified atom stereocenters. The number of halogens is 2. The lowest BCUT2D eigenvalue weighted by Crippen LogP contribution is -2.45. The maximum Gasteiger partial charge on any atom is 0.326 e. The van der Waals surface area contributed by atoms with Crippen LogP contribution in [0.15, 0.2) is 66.7 Å². The Hall–Kier alpha value is -5.53. The highest BCUT2D eigenvalue weighted by molar-refractivity contribution is 6.01. The highest BCUT2D eigenvalue weighted by Gasteiger charge is 2.24. The van der Waals surface area contributed by atoms with E-state index in [1.807, 2.05) is 0 Å². The molecule has 0 aliphatic rings. The normalized spacial score (nSPS) is 10.8. The number of aliphatic carboxylic acids is 1. The Balaban J connectivity index is 1.71. The number of nitrogens with zero attached hydrogens (tertiary/aromatic N) is 2. The monoisotopic (exact) mass is 640 g/mol. The Morgan fingerprint density at radius 2 is 1.54 bits per heavy atom. The maximum absolute atomic E-state index is 13.6. The van der Waals surface area contributed by atoms with Gasteiger partial charge < -0.3 is 30.1 Å². The third-order valence-corrected chi connectivity index (χ3v) is 6.05. The van der Waals surface area contributed by atoms with Gasteiger partial charge in [0.1, 0.15) is 29.5 Å². The van der Waals surface area contributed by atoms with Crippen LogP contribution in [0.4, 0.5) is 30.6 Å². The zero-order valence-corrected chi connectivity index (χ0v) is 25.6. The van der Waals surface area contributed by atoms with E-state index in [9.17, 15) is 32.8 Å². The molecule has 0 aliphatic carbocycles. The van der Waals surface area contributed by atoms with Crippen LogP contribution in [0.1, 0.15) is 26.3 Å². The average molecular weight is 641 g/mol. The topological polar surface area (TPSA) is 155 Å². The number of nitrogens with one attached hydrogen (secondary N) is 2. The fourth-order valence-corrected chi connectivity index (χ4v) is 4.05. The third-order valence-electron chi connectivity index (χ3n) is 6.05. The van der Waals surface area contributed by atoms with Crippen LogP contribution in [0.25, 0.3) is 0 Å². The van der Waals surface area contributed by atoms with Gasteiger partial charge in [-0.15, -0.1) is 0 Å². The van der Waals surface area contributed by atoms with E-state index in [0.717, 1.165) is 21.9 Å². The van der Waals surface area contributed by atoms with Crippen molar-refractivity contribution < 1.29 is 47.3 Å². The largest absolute Gasteiger partial charge is 0.484 e. The van der Waals surface area contributed by atoms with Crippen molar-refractivity contribution >= 4 is 46.8 Å². The van der Waals surface area contributed by atoms with Gasteiger partial charge in [0, 0.05) is 36.2 Å². The van der Waals surface area contributed by atoms with Crippen molar-refractivity contribution in [2.45, 2.75) is 32.8 Å². The van der Waals surface area contributed by atoms with E-state index >= 15 is 0 Å². The van der Waals surface area contributed by atoms with Crippen LogP contribution in [-0.4, -0.2) is 67.2 Å². The van der Waals surface area contributed by atoms with E-state index in [2.05, 4.69) is 10.6 Å². The van der Waals surface area contributed by atoms with Crippen LogP contribution in [-0.2, 0) is 30.3 Å². The lowest BCUT2D eigenvalue weighted by atomic mass is 10.1. The molecule has 244 valence electrons. The van der Waals surface area contributed by atoms with E-state index in [1.54, 1.807) is 39.0 Å². The highest BCUT2D eigenvalue weighted by Crippen LogP contribution is 2.23. The fraction of sp³-hybridized carbons (Fsp3) is 0.281. The summed E-state index contributed by atoms with van der Waals surface area (Å²) in [5, 5.41) is 13.9. The summed E-state index contributed by atoms with van der Waals surface area (Å²) >= 11 is 0. The molecule has 0 saturated heterocycles. The van der Waals surface area contributed by atoms with Crippen LogP contribution < -0.4 is 25.2 Å². The first-order chi connectivity index (χ1) is 21.6. The summed E-state index contributed by atoms with van der Waals surface area (Å²) in [6.45, 7) is 3.40. The van der Waals surface area contributed by atoms with Crippen molar-refractivity contribution in [2.75, 3.05) is 41.9 Å². The number of hydrogen-bond donors (Lipinski definition) is 3. The summed E-state index contributed by atoms with van der Waals surface area (Å²) in [6, 6.07) is 14.0. The molecule has 0 aromatic heterocycles. The number of carbonyl (C=O) groups excluding carboxylic acids is 4. The molecule has 4 amide bonds. The van der Waals surface area contributed by atoms with Crippen LogP contribution in [0, 0.1) is 11.6 Å². The molecular formula is C32H34F2N4O8. The third kappa shape index (κ3) is 11.2. The van der Waals surface area contributed by atoms with Crippen LogP contribution in [0.5, 0.6) is 5.75 Å². The number of carboxylic acids is 1. The first kappa shape index (κ1) is 35.0. The van der Waals surface area contributed by atoms with Gasteiger partial charge in [-0.3, -0.25) is 24.1 Å². The molecular weight excluding hydrogens is 606 g/mol. The highest BCUT2D eigenvalue weighted by atomic mass is 19.1. The summed E-state index contributed by atoms with van der Waals surface area (Å²) in [6.07, 6.45) is -0.240. The predicted octanol–water partition coefficient (Wildman–Crippen LogP) is 4.13. The molecule has 0 heterocycles. The van der Waals surface area contributed by atoms with Gasteiger partial charge in [0.15, 0.2) is 6.61 Å². The molecule has 3 N–H and O–H groups in total. The number of anilines is 3. The molecule has 14 heteroatoms. The number of amides is 4. The molecule has 0 aliphatic heterocycles. The van der Waals surface area contributed by atoms with E-state index in [-0.39, 0.29) is 23.5 Å². The zero-order chi connectivity index (χ0) is 34.0. The molecule has 3 aromatic rings. The molecule has 12 nitrogen and oxygen atoms in total. The number of urea groups is 1. The molecule has 0 fully saturated rings. The molecule has 0 bridgehead atoms. The molecule has 0 spiro atoms. The van der Waals surface area contributed by atoms with Crippen molar-refractivity contribution in [1.29, 1.82) is 0 Å². The van der Waals surface area contributed by atoms with E-state index in [0.29, 0.717) is 17.3 Å². The minimum Gasteiger partial charge on any atom is -0.484 e. The minimum atomic E-state index is -1.04. The van der Waals surface area contributed by atoms with Gasteiger partial charge in [0.05, 0.1) is 13.0 Å². The summed E-state index contributed by atoms with van der Waals surface area (Å²) in [5.41, 5.74) is 0.0923. The van der Waals surface area contributed by atoms with Gasteiger partial charge in [0.2, 0.25) is 5.91 Å². The van der Waals surface area contributed by atoms with Crippen LogP contribution in [0.3, 0.4) is 0 Å². The second-order valence-corrected chi connectivity index (χ2v) is 11.0. The van der Waals surface area contributed by atoms with Gasteiger partial charge in [0.25, 0.3) is 5.91 Å². The molecule has 3 rings (SSSR count).